The Morgan fingerprint density at radius 2 is 1.61 bits per heavy atom. The van der Waals surface area contributed by atoms with Gasteiger partial charge in [-0.2, -0.15) is 0 Å². The van der Waals surface area contributed by atoms with E-state index in [1.807, 2.05) is 35.2 Å². The molecule has 164 valence electrons. The SMILES string of the molecule is COc1cc(/C=C/C(=O)NCCC(=O)N2CCN(c3ccccc3)CC2)cc(OC)c1. The van der Waals surface area contributed by atoms with Crippen molar-refractivity contribution < 1.29 is 19.1 Å². The second kappa shape index (κ2) is 11.1. The molecule has 0 radical (unpaired) electrons. The number of carbonyl (C=O) groups excluding carboxylic acids is 2. The standard InChI is InChI=1S/C24H29N3O4/c1-30-21-16-19(17-22(18-21)31-2)8-9-23(28)25-11-10-24(29)27-14-12-26(13-15-27)20-6-4-3-5-7-20/h3-9,16-18H,10-15H2,1-2H3,(H,25,28)/b9-8+. The van der Waals surface area contributed by atoms with Crippen molar-refractivity contribution in [2.24, 2.45) is 0 Å². The topological polar surface area (TPSA) is 71.1 Å². The molecule has 0 aromatic heterocycles. The fourth-order valence-corrected chi connectivity index (χ4v) is 3.46. The minimum Gasteiger partial charge on any atom is -0.497 e. The highest BCUT2D eigenvalue weighted by molar-refractivity contribution is 5.92. The predicted octanol–water partition coefficient (Wildman–Crippen LogP) is 2.57. The Bertz CT molecular complexity index is 884. The van der Waals surface area contributed by atoms with Gasteiger partial charge in [-0.3, -0.25) is 9.59 Å². The fourth-order valence-electron chi connectivity index (χ4n) is 3.46. The average molecular weight is 424 g/mol. The Morgan fingerprint density at radius 3 is 2.23 bits per heavy atom. The van der Waals surface area contributed by atoms with Crippen molar-refractivity contribution in [2.45, 2.75) is 6.42 Å². The van der Waals surface area contributed by atoms with Crippen LogP contribution in [0.5, 0.6) is 11.5 Å². The largest absolute Gasteiger partial charge is 0.497 e. The lowest BCUT2D eigenvalue weighted by atomic mass is 10.2. The van der Waals surface area contributed by atoms with Crippen molar-refractivity contribution >= 4 is 23.6 Å². The Hall–Kier alpha value is -3.48. The van der Waals surface area contributed by atoms with Gasteiger partial charge in [0.15, 0.2) is 0 Å². The van der Waals surface area contributed by atoms with Gasteiger partial charge in [0, 0.05) is 57.0 Å². The molecule has 7 heteroatoms. The third kappa shape index (κ3) is 6.50. The number of nitrogens with one attached hydrogen (secondary N) is 1. The van der Waals surface area contributed by atoms with Gasteiger partial charge < -0.3 is 24.6 Å². The first-order valence-electron chi connectivity index (χ1n) is 10.4. The number of para-hydroxylation sites is 1. The molecule has 2 amide bonds. The van der Waals surface area contributed by atoms with Crippen LogP contribution in [0.3, 0.4) is 0 Å². The molecule has 2 aromatic rings. The quantitative estimate of drug-likeness (QED) is 0.661. The van der Waals surface area contributed by atoms with Crippen LogP contribution in [-0.4, -0.2) is 63.7 Å². The molecule has 1 aliphatic rings. The van der Waals surface area contributed by atoms with Crippen molar-refractivity contribution in [2.75, 3.05) is 51.8 Å². The molecule has 0 bridgehead atoms. The maximum atomic E-state index is 12.5. The Kier molecular flexibility index (Phi) is 7.92. The summed E-state index contributed by atoms with van der Waals surface area (Å²) < 4.78 is 10.5. The number of nitrogens with zero attached hydrogens (tertiary/aromatic N) is 2. The molecular weight excluding hydrogens is 394 g/mol. The minimum atomic E-state index is -0.247. The van der Waals surface area contributed by atoms with Crippen LogP contribution >= 0.6 is 0 Å². The van der Waals surface area contributed by atoms with Crippen LogP contribution in [0.15, 0.2) is 54.6 Å². The molecule has 0 saturated carbocycles. The lowest BCUT2D eigenvalue weighted by Gasteiger charge is -2.36. The summed E-state index contributed by atoms with van der Waals surface area (Å²) in [6.07, 6.45) is 3.42. The summed E-state index contributed by atoms with van der Waals surface area (Å²) in [4.78, 5) is 28.7. The molecule has 0 aliphatic carbocycles. The molecule has 0 unspecified atom stereocenters. The van der Waals surface area contributed by atoms with Gasteiger partial charge in [0.25, 0.3) is 0 Å². The Labute approximate surface area is 183 Å². The summed E-state index contributed by atoms with van der Waals surface area (Å²) in [5.74, 6) is 1.12. The van der Waals surface area contributed by atoms with Gasteiger partial charge in [0.05, 0.1) is 14.2 Å². The molecule has 1 aliphatic heterocycles. The van der Waals surface area contributed by atoms with Crippen molar-refractivity contribution in [3.8, 4) is 11.5 Å². The van der Waals surface area contributed by atoms with Crippen molar-refractivity contribution in [3.05, 3.63) is 60.2 Å². The Balaban J connectivity index is 1.40. The van der Waals surface area contributed by atoms with Gasteiger partial charge >= 0.3 is 0 Å². The highest BCUT2D eigenvalue weighted by Crippen LogP contribution is 2.23. The highest BCUT2D eigenvalue weighted by atomic mass is 16.5. The molecular formula is C24H29N3O4. The number of benzene rings is 2. The third-order valence-electron chi connectivity index (χ3n) is 5.19. The molecule has 7 nitrogen and oxygen atoms in total. The van der Waals surface area contributed by atoms with Gasteiger partial charge in [0.2, 0.25) is 11.8 Å². The lowest BCUT2D eigenvalue weighted by molar-refractivity contribution is -0.131. The van der Waals surface area contributed by atoms with Crippen LogP contribution in [0.1, 0.15) is 12.0 Å². The maximum absolute atomic E-state index is 12.5. The van der Waals surface area contributed by atoms with Crippen LogP contribution in [0, 0.1) is 0 Å². The van der Waals surface area contributed by atoms with Gasteiger partial charge in [-0.1, -0.05) is 18.2 Å². The monoisotopic (exact) mass is 423 g/mol. The molecule has 2 aromatic carbocycles. The number of amides is 2. The van der Waals surface area contributed by atoms with E-state index in [9.17, 15) is 9.59 Å². The summed E-state index contributed by atoms with van der Waals surface area (Å²) in [6.45, 7) is 3.32. The molecule has 31 heavy (non-hydrogen) atoms. The van der Waals surface area contributed by atoms with Gasteiger partial charge in [0.1, 0.15) is 11.5 Å². The Morgan fingerprint density at radius 1 is 0.968 bits per heavy atom. The third-order valence-corrected chi connectivity index (χ3v) is 5.19. The minimum absolute atomic E-state index is 0.0644. The molecule has 1 fully saturated rings. The number of piperazine rings is 1. The second-order valence-electron chi connectivity index (χ2n) is 7.22. The van der Waals surface area contributed by atoms with E-state index < -0.39 is 0 Å². The van der Waals surface area contributed by atoms with Crippen molar-refractivity contribution in [1.82, 2.24) is 10.2 Å². The van der Waals surface area contributed by atoms with Crippen LogP contribution in [-0.2, 0) is 9.59 Å². The van der Waals surface area contributed by atoms with E-state index in [2.05, 4.69) is 22.3 Å². The first-order valence-corrected chi connectivity index (χ1v) is 10.4. The zero-order chi connectivity index (χ0) is 22.1. The molecule has 0 atom stereocenters. The molecule has 1 saturated heterocycles. The van der Waals surface area contributed by atoms with Gasteiger partial charge in [-0.05, 0) is 35.9 Å². The van der Waals surface area contributed by atoms with E-state index in [4.69, 9.17) is 9.47 Å². The van der Waals surface area contributed by atoms with E-state index in [0.717, 1.165) is 18.7 Å². The number of rotatable bonds is 8. The van der Waals surface area contributed by atoms with Crippen LogP contribution in [0.25, 0.3) is 6.08 Å². The first-order chi connectivity index (χ1) is 15.1. The smallest absolute Gasteiger partial charge is 0.244 e. The van der Waals surface area contributed by atoms with Crippen LogP contribution in [0.2, 0.25) is 0 Å². The predicted molar refractivity (Wildman–Crippen MR) is 121 cm³/mol. The highest BCUT2D eigenvalue weighted by Gasteiger charge is 2.20. The van der Waals surface area contributed by atoms with E-state index >= 15 is 0 Å². The number of carbonyl (C=O) groups is 2. The number of ether oxygens (including phenoxy) is 2. The summed E-state index contributed by atoms with van der Waals surface area (Å²) in [5, 5.41) is 2.77. The van der Waals surface area contributed by atoms with Crippen LogP contribution in [0.4, 0.5) is 5.69 Å². The lowest BCUT2D eigenvalue weighted by Crippen LogP contribution is -2.49. The number of anilines is 1. The summed E-state index contributed by atoms with van der Waals surface area (Å²) >= 11 is 0. The fraction of sp³-hybridized carbons (Fsp3) is 0.333. The summed E-state index contributed by atoms with van der Waals surface area (Å²) in [6, 6.07) is 15.6. The maximum Gasteiger partial charge on any atom is 0.244 e. The van der Waals surface area contributed by atoms with Crippen molar-refractivity contribution in [1.29, 1.82) is 0 Å². The summed E-state index contributed by atoms with van der Waals surface area (Å²) in [5.41, 5.74) is 1.97. The molecule has 1 N–H and O–H groups in total. The normalized spacial score (nSPS) is 13.9. The molecule has 0 spiro atoms. The number of methoxy groups -OCH3 is 2. The number of hydrogen-bond donors (Lipinski definition) is 1. The summed E-state index contributed by atoms with van der Waals surface area (Å²) in [7, 11) is 3.15. The van der Waals surface area contributed by atoms with Crippen LogP contribution < -0.4 is 19.7 Å². The van der Waals surface area contributed by atoms with E-state index in [-0.39, 0.29) is 18.2 Å². The first kappa shape index (κ1) is 22.2. The second-order valence-corrected chi connectivity index (χ2v) is 7.22. The average Bonchev–Trinajstić information content (AvgIpc) is 2.83. The van der Waals surface area contributed by atoms with Crippen molar-refractivity contribution in [3.63, 3.8) is 0 Å². The molecule has 3 rings (SSSR count). The zero-order valence-corrected chi connectivity index (χ0v) is 18.0. The van der Waals surface area contributed by atoms with E-state index in [1.165, 1.54) is 11.8 Å². The zero-order valence-electron chi connectivity index (χ0n) is 18.0. The van der Waals surface area contributed by atoms with E-state index in [0.29, 0.717) is 31.1 Å². The van der Waals surface area contributed by atoms with E-state index in [1.54, 1.807) is 26.4 Å². The van der Waals surface area contributed by atoms with Gasteiger partial charge in [-0.25, -0.2) is 0 Å². The number of hydrogen-bond acceptors (Lipinski definition) is 5. The molecule has 1 heterocycles. The van der Waals surface area contributed by atoms with Gasteiger partial charge in [-0.15, -0.1) is 0 Å².